The summed E-state index contributed by atoms with van der Waals surface area (Å²) in [5, 5.41) is 4.50. The van der Waals surface area contributed by atoms with Crippen molar-refractivity contribution in [3.63, 3.8) is 0 Å². The summed E-state index contributed by atoms with van der Waals surface area (Å²) in [5.41, 5.74) is 2.08. The molecule has 0 aliphatic heterocycles. The van der Waals surface area contributed by atoms with Gasteiger partial charge in [-0.15, -0.1) is 0 Å². The molecule has 9 nitrogen and oxygen atoms in total. The Morgan fingerprint density at radius 3 is 2.44 bits per heavy atom. The van der Waals surface area contributed by atoms with Gasteiger partial charge in [0.2, 0.25) is 15.9 Å². The smallest absolute Gasteiger partial charge is 0.267 e. The lowest BCUT2D eigenvalue weighted by atomic mass is 9.99. The van der Waals surface area contributed by atoms with Gasteiger partial charge >= 0.3 is 0 Å². The van der Waals surface area contributed by atoms with Crippen molar-refractivity contribution in [2.24, 2.45) is 7.05 Å². The molecule has 0 saturated heterocycles. The van der Waals surface area contributed by atoms with Crippen LogP contribution in [0.1, 0.15) is 0 Å². The van der Waals surface area contributed by atoms with E-state index in [1.54, 1.807) is 55.7 Å². The van der Waals surface area contributed by atoms with E-state index in [0.717, 1.165) is 6.26 Å². The van der Waals surface area contributed by atoms with Crippen LogP contribution in [0.25, 0.3) is 22.4 Å². The number of rotatable bonds is 7. The molecular formula is C24H22N4O5S. The third kappa shape index (κ3) is 5.24. The van der Waals surface area contributed by atoms with E-state index in [-0.39, 0.29) is 5.56 Å². The van der Waals surface area contributed by atoms with Crippen LogP contribution in [0.5, 0.6) is 17.4 Å². The van der Waals surface area contributed by atoms with Crippen molar-refractivity contribution in [1.82, 2.24) is 14.8 Å². The van der Waals surface area contributed by atoms with Crippen LogP contribution in [0.4, 0.5) is 5.69 Å². The van der Waals surface area contributed by atoms with Crippen LogP contribution in [0.15, 0.2) is 77.7 Å². The average Bonchev–Trinajstić information content (AvgIpc) is 2.81. The molecular weight excluding hydrogens is 456 g/mol. The maximum Gasteiger partial charge on any atom is 0.267 e. The number of nitrogens with zero attached hydrogens (tertiary/aromatic N) is 3. The van der Waals surface area contributed by atoms with E-state index in [1.165, 1.54) is 17.9 Å². The van der Waals surface area contributed by atoms with Crippen LogP contribution in [0, 0.1) is 0 Å². The monoisotopic (exact) mass is 478 g/mol. The van der Waals surface area contributed by atoms with Gasteiger partial charge in [0.05, 0.1) is 13.4 Å². The van der Waals surface area contributed by atoms with Gasteiger partial charge in [0.25, 0.3) is 5.56 Å². The van der Waals surface area contributed by atoms with Gasteiger partial charge in [-0.05, 0) is 42.0 Å². The van der Waals surface area contributed by atoms with Gasteiger partial charge in [-0.3, -0.25) is 9.52 Å². The Bertz CT molecular complexity index is 1500. The Labute approximate surface area is 196 Å². The third-order valence-electron chi connectivity index (χ3n) is 4.86. The van der Waals surface area contributed by atoms with Crippen molar-refractivity contribution < 1.29 is 17.9 Å². The van der Waals surface area contributed by atoms with E-state index in [0.29, 0.717) is 45.5 Å². The predicted molar refractivity (Wildman–Crippen MR) is 130 cm³/mol. The van der Waals surface area contributed by atoms with E-state index in [9.17, 15) is 13.2 Å². The highest BCUT2D eigenvalue weighted by Crippen LogP contribution is 2.39. The SMILES string of the molecule is COc1cc(-c2cc(=O)n(C)nc2-c2cc(NS(C)(=O)=O)ccc2Oc2ccccc2)ccn1. The number of hydrogen-bond acceptors (Lipinski definition) is 7. The fourth-order valence-electron chi connectivity index (χ4n) is 3.34. The molecule has 174 valence electrons. The number of ether oxygens (including phenoxy) is 2. The fourth-order valence-corrected chi connectivity index (χ4v) is 3.90. The van der Waals surface area contributed by atoms with Gasteiger partial charge < -0.3 is 9.47 Å². The molecule has 2 heterocycles. The molecule has 2 aromatic heterocycles. The van der Waals surface area contributed by atoms with Crippen LogP contribution in [0.3, 0.4) is 0 Å². The van der Waals surface area contributed by atoms with Crippen LogP contribution < -0.4 is 19.8 Å². The minimum absolute atomic E-state index is 0.314. The van der Waals surface area contributed by atoms with Crippen LogP contribution in [-0.4, -0.2) is 36.5 Å². The summed E-state index contributed by atoms with van der Waals surface area (Å²) < 4.78 is 38.8. The quantitative estimate of drug-likeness (QED) is 0.431. The predicted octanol–water partition coefficient (Wildman–Crippen LogP) is 3.68. The van der Waals surface area contributed by atoms with Crippen molar-refractivity contribution >= 4 is 15.7 Å². The van der Waals surface area contributed by atoms with E-state index in [1.807, 2.05) is 18.2 Å². The van der Waals surface area contributed by atoms with Crippen molar-refractivity contribution in [2.75, 3.05) is 18.1 Å². The highest BCUT2D eigenvalue weighted by Gasteiger charge is 2.19. The summed E-state index contributed by atoms with van der Waals surface area (Å²) in [7, 11) is -0.483. The zero-order valence-corrected chi connectivity index (χ0v) is 19.5. The summed E-state index contributed by atoms with van der Waals surface area (Å²) in [4.78, 5) is 16.6. The number of anilines is 1. The molecule has 0 amide bonds. The van der Waals surface area contributed by atoms with Crippen molar-refractivity contribution in [2.45, 2.75) is 0 Å². The number of hydrogen-bond donors (Lipinski definition) is 1. The summed E-state index contributed by atoms with van der Waals surface area (Å²) in [6.07, 6.45) is 2.64. The molecule has 34 heavy (non-hydrogen) atoms. The van der Waals surface area contributed by atoms with Crippen LogP contribution >= 0.6 is 0 Å². The van der Waals surface area contributed by atoms with Crippen molar-refractivity contribution in [3.8, 4) is 39.8 Å². The molecule has 0 saturated carbocycles. The number of para-hydroxylation sites is 1. The first kappa shape index (κ1) is 23.0. The zero-order chi connectivity index (χ0) is 24.3. The first-order valence-electron chi connectivity index (χ1n) is 10.2. The standard InChI is InChI=1S/C24H22N4O5S/c1-28-23(29)15-19(16-11-12-25-22(13-16)32-2)24(26-28)20-14-17(27-34(3,30)31)9-10-21(20)33-18-7-5-4-6-8-18/h4-15,27H,1-3H3. The lowest BCUT2D eigenvalue weighted by Crippen LogP contribution is -2.20. The number of sulfonamides is 1. The lowest BCUT2D eigenvalue weighted by Gasteiger charge is -2.16. The molecule has 0 aliphatic rings. The summed E-state index contributed by atoms with van der Waals surface area (Å²) in [6, 6.07) is 18.9. The number of aryl methyl sites for hydroxylation is 1. The van der Waals surface area contributed by atoms with E-state index >= 15 is 0 Å². The molecule has 0 fully saturated rings. The number of pyridine rings is 1. The van der Waals surface area contributed by atoms with Gasteiger partial charge in [-0.1, -0.05) is 18.2 Å². The summed E-state index contributed by atoms with van der Waals surface area (Å²) in [5.74, 6) is 1.39. The third-order valence-corrected chi connectivity index (χ3v) is 5.46. The average molecular weight is 479 g/mol. The Morgan fingerprint density at radius 1 is 0.971 bits per heavy atom. The maximum atomic E-state index is 12.5. The zero-order valence-electron chi connectivity index (χ0n) is 18.7. The minimum Gasteiger partial charge on any atom is -0.481 e. The van der Waals surface area contributed by atoms with Gasteiger partial charge in [0, 0.05) is 42.2 Å². The Hall–Kier alpha value is -4.18. The molecule has 1 N–H and O–H groups in total. The summed E-state index contributed by atoms with van der Waals surface area (Å²) in [6.45, 7) is 0. The van der Waals surface area contributed by atoms with Gasteiger partial charge in [-0.25, -0.2) is 18.1 Å². The van der Waals surface area contributed by atoms with Gasteiger partial charge in [-0.2, -0.15) is 5.10 Å². The molecule has 0 aliphatic carbocycles. The molecule has 4 aromatic rings. The van der Waals surface area contributed by atoms with Gasteiger partial charge in [0.15, 0.2) is 0 Å². The van der Waals surface area contributed by atoms with E-state index in [2.05, 4.69) is 14.8 Å². The molecule has 0 spiro atoms. The topological polar surface area (TPSA) is 112 Å². The highest BCUT2D eigenvalue weighted by atomic mass is 32.2. The second-order valence-electron chi connectivity index (χ2n) is 7.46. The first-order chi connectivity index (χ1) is 16.2. The Kier molecular flexibility index (Phi) is 6.33. The molecule has 2 aromatic carbocycles. The first-order valence-corrected chi connectivity index (χ1v) is 12.1. The summed E-state index contributed by atoms with van der Waals surface area (Å²) >= 11 is 0. The highest BCUT2D eigenvalue weighted by molar-refractivity contribution is 7.92. The fraction of sp³-hybridized carbons (Fsp3) is 0.125. The lowest BCUT2D eigenvalue weighted by molar-refractivity contribution is 0.398. The molecule has 10 heteroatoms. The maximum absolute atomic E-state index is 12.5. The Balaban J connectivity index is 1.96. The van der Waals surface area contributed by atoms with E-state index < -0.39 is 10.0 Å². The number of benzene rings is 2. The van der Waals surface area contributed by atoms with Crippen molar-refractivity contribution in [3.05, 3.63) is 83.3 Å². The number of aromatic nitrogens is 3. The van der Waals surface area contributed by atoms with Gasteiger partial charge in [0.1, 0.15) is 17.2 Å². The Morgan fingerprint density at radius 2 is 1.74 bits per heavy atom. The molecule has 0 unspecified atom stereocenters. The second-order valence-corrected chi connectivity index (χ2v) is 9.20. The number of methoxy groups -OCH3 is 1. The number of nitrogens with one attached hydrogen (secondary N) is 1. The second kappa shape index (κ2) is 9.36. The van der Waals surface area contributed by atoms with E-state index in [4.69, 9.17) is 9.47 Å². The van der Waals surface area contributed by atoms with Crippen molar-refractivity contribution in [1.29, 1.82) is 0 Å². The van der Waals surface area contributed by atoms with Crippen LogP contribution in [0.2, 0.25) is 0 Å². The minimum atomic E-state index is -3.53. The normalized spacial score (nSPS) is 11.1. The van der Waals surface area contributed by atoms with Crippen LogP contribution in [-0.2, 0) is 17.1 Å². The molecule has 4 rings (SSSR count). The molecule has 0 radical (unpaired) electrons. The largest absolute Gasteiger partial charge is 0.481 e. The molecule has 0 bridgehead atoms. The molecule has 0 atom stereocenters.